The number of nitrogens with one attached hydrogen (secondary N) is 1. The zero-order chi connectivity index (χ0) is 21.2. The summed E-state index contributed by atoms with van der Waals surface area (Å²) in [6, 6.07) is 8.90. The van der Waals surface area contributed by atoms with Gasteiger partial charge in [0.15, 0.2) is 0 Å². The van der Waals surface area contributed by atoms with Crippen LogP contribution in [0, 0.1) is 11.8 Å². The van der Waals surface area contributed by atoms with Gasteiger partial charge < -0.3 is 5.32 Å². The molecule has 29 heavy (non-hydrogen) atoms. The van der Waals surface area contributed by atoms with Crippen molar-refractivity contribution in [2.45, 2.75) is 77.0 Å². The summed E-state index contributed by atoms with van der Waals surface area (Å²) in [4.78, 5) is 0. The lowest BCUT2D eigenvalue weighted by molar-refractivity contribution is 0.350. The molecular weight excluding hydrogens is 370 g/mol. The van der Waals surface area contributed by atoms with Gasteiger partial charge in [-0.05, 0) is 61.0 Å². The molecule has 1 aliphatic carbocycles. The van der Waals surface area contributed by atoms with Crippen LogP contribution in [0.15, 0.2) is 55.3 Å². The Kier molecular flexibility index (Phi) is 10.1. The summed E-state index contributed by atoms with van der Waals surface area (Å²) in [6.45, 7) is 17.2. The molecule has 1 aromatic rings. The van der Waals surface area contributed by atoms with Gasteiger partial charge in [0.25, 0.3) is 0 Å². The van der Waals surface area contributed by atoms with Crippen LogP contribution in [0.1, 0.15) is 76.3 Å². The minimum absolute atomic E-state index is 0.359. The van der Waals surface area contributed by atoms with Gasteiger partial charge in [-0.25, -0.2) is 0 Å². The van der Waals surface area contributed by atoms with E-state index in [1.165, 1.54) is 60.8 Å². The lowest BCUT2D eigenvalue weighted by Gasteiger charge is -2.24. The summed E-state index contributed by atoms with van der Waals surface area (Å²) in [5.74, 6) is 1.49. The number of thioether (sulfide) groups is 1. The molecule has 1 fully saturated rings. The molecule has 0 saturated heterocycles. The summed E-state index contributed by atoms with van der Waals surface area (Å²) >= 11 is 1.83. The van der Waals surface area contributed by atoms with Crippen LogP contribution in [0.5, 0.6) is 0 Å². The Morgan fingerprint density at radius 3 is 2.52 bits per heavy atom. The van der Waals surface area contributed by atoms with Gasteiger partial charge in [-0.15, -0.1) is 11.8 Å². The molecule has 2 atom stereocenters. The molecule has 1 saturated carbocycles. The second kappa shape index (κ2) is 12.3. The van der Waals surface area contributed by atoms with E-state index in [1.54, 1.807) is 0 Å². The van der Waals surface area contributed by atoms with Crippen LogP contribution in [0.4, 0.5) is 0 Å². The van der Waals surface area contributed by atoms with Crippen molar-refractivity contribution >= 4 is 17.3 Å². The molecule has 0 spiro atoms. The SMILES string of the molecule is C=C(CC(C)CC(=C)c1cccc(CC(NC(=C)C)SC)c1)CC1CCCCC1. The van der Waals surface area contributed by atoms with E-state index in [1.807, 2.05) is 18.7 Å². The van der Waals surface area contributed by atoms with Gasteiger partial charge in [0, 0.05) is 12.1 Å². The minimum Gasteiger partial charge on any atom is -0.377 e. The lowest BCUT2D eigenvalue weighted by atomic mass is 9.82. The molecule has 2 unspecified atom stereocenters. The molecule has 1 N–H and O–H groups in total. The molecular formula is C27H41NS. The smallest absolute Gasteiger partial charge is 0.0757 e. The van der Waals surface area contributed by atoms with Gasteiger partial charge in [0.05, 0.1) is 5.37 Å². The lowest BCUT2D eigenvalue weighted by Crippen LogP contribution is -2.25. The first-order chi connectivity index (χ1) is 13.9. The van der Waals surface area contributed by atoms with Crippen LogP contribution in [-0.4, -0.2) is 11.6 Å². The Morgan fingerprint density at radius 1 is 1.14 bits per heavy atom. The Hall–Kier alpha value is -1.41. The highest BCUT2D eigenvalue weighted by atomic mass is 32.2. The molecule has 2 heteroatoms. The number of rotatable bonds is 12. The molecule has 0 heterocycles. The van der Waals surface area contributed by atoms with Crippen LogP contribution in [0.3, 0.4) is 0 Å². The number of hydrogen-bond donors (Lipinski definition) is 1. The maximum atomic E-state index is 4.41. The van der Waals surface area contributed by atoms with Crippen molar-refractivity contribution in [1.29, 1.82) is 0 Å². The fourth-order valence-corrected chi connectivity index (χ4v) is 5.26. The van der Waals surface area contributed by atoms with Gasteiger partial charge in [-0.1, -0.05) is 88.6 Å². The van der Waals surface area contributed by atoms with Crippen LogP contribution >= 0.6 is 11.8 Å². The predicted molar refractivity (Wildman–Crippen MR) is 133 cm³/mol. The molecule has 0 bridgehead atoms. The fourth-order valence-electron chi connectivity index (χ4n) is 4.59. The number of hydrogen-bond acceptors (Lipinski definition) is 2. The van der Waals surface area contributed by atoms with E-state index in [0.29, 0.717) is 11.3 Å². The zero-order valence-corrected chi connectivity index (χ0v) is 19.8. The van der Waals surface area contributed by atoms with Crippen molar-refractivity contribution in [3.63, 3.8) is 0 Å². The van der Waals surface area contributed by atoms with Gasteiger partial charge in [-0.2, -0.15) is 0 Å². The van der Waals surface area contributed by atoms with E-state index in [0.717, 1.165) is 30.9 Å². The summed E-state index contributed by atoms with van der Waals surface area (Å²) in [5, 5.41) is 3.81. The van der Waals surface area contributed by atoms with E-state index >= 15 is 0 Å². The Morgan fingerprint density at radius 2 is 1.86 bits per heavy atom. The summed E-state index contributed by atoms with van der Waals surface area (Å²) in [7, 11) is 0. The summed E-state index contributed by atoms with van der Waals surface area (Å²) < 4.78 is 0. The topological polar surface area (TPSA) is 12.0 Å². The highest BCUT2D eigenvalue weighted by molar-refractivity contribution is 7.99. The molecule has 0 radical (unpaired) electrons. The molecule has 0 aromatic heterocycles. The van der Waals surface area contributed by atoms with E-state index in [9.17, 15) is 0 Å². The highest BCUT2D eigenvalue weighted by Gasteiger charge is 2.16. The number of allylic oxidation sites excluding steroid dienone is 3. The zero-order valence-electron chi connectivity index (χ0n) is 18.9. The van der Waals surface area contributed by atoms with E-state index in [4.69, 9.17) is 0 Å². The Bertz CT molecular complexity index is 684. The minimum atomic E-state index is 0.359. The van der Waals surface area contributed by atoms with Crippen molar-refractivity contribution < 1.29 is 0 Å². The molecule has 2 rings (SSSR count). The van der Waals surface area contributed by atoms with E-state index < -0.39 is 0 Å². The first-order valence-electron chi connectivity index (χ1n) is 11.3. The third-order valence-corrected chi connectivity index (χ3v) is 6.84. The van der Waals surface area contributed by atoms with Crippen LogP contribution < -0.4 is 5.32 Å². The first-order valence-corrected chi connectivity index (χ1v) is 12.5. The molecule has 1 aromatic carbocycles. The van der Waals surface area contributed by atoms with Gasteiger partial charge in [-0.3, -0.25) is 0 Å². The van der Waals surface area contributed by atoms with E-state index in [-0.39, 0.29) is 0 Å². The van der Waals surface area contributed by atoms with Crippen LogP contribution in [0.25, 0.3) is 5.57 Å². The summed E-state index contributed by atoms with van der Waals surface area (Å²) in [6.07, 6.45) is 13.6. The second-order valence-corrected chi connectivity index (χ2v) is 10.2. The van der Waals surface area contributed by atoms with E-state index in [2.05, 4.69) is 62.5 Å². The highest BCUT2D eigenvalue weighted by Crippen LogP contribution is 2.32. The van der Waals surface area contributed by atoms with Crippen molar-refractivity contribution in [2.75, 3.05) is 6.26 Å². The second-order valence-electron chi connectivity index (χ2n) is 9.13. The fraction of sp³-hybridized carbons (Fsp3) is 0.556. The molecule has 0 aliphatic heterocycles. The van der Waals surface area contributed by atoms with Crippen molar-refractivity contribution in [3.05, 3.63) is 66.4 Å². The maximum absolute atomic E-state index is 4.41. The van der Waals surface area contributed by atoms with Crippen molar-refractivity contribution in [1.82, 2.24) is 5.32 Å². The average Bonchev–Trinajstić information content (AvgIpc) is 2.67. The molecule has 160 valence electrons. The van der Waals surface area contributed by atoms with Crippen LogP contribution in [0.2, 0.25) is 0 Å². The standard InChI is InChI=1S/C27H41NS/c1-20(2)28-27(29-6)19-25-13-10-14-26(18-25)23(5)16-21(3)15-22(4)17-24-11-8-7-9-12-24/h10,13-14,18,21,24,27-28H,1,4-5,7-9,11-12,15-17,19H2,2-3,6H3. The maximum Gasteiger partial charge on any atom is 0.0757 e. The Labute approximate surface area is 184 Å². The monoisotopic (exact) mass is 411 g/mol. The average molecular weight is 412 g/mol. The molecule has 0 amide bonds. The van der Waals surface area contributed by atoms with Gasteiger partial charge in [0.1, 0.15) is 0 Å². The molecule has 1 aliphatic rings. The van der Waals surface area contributed by atoms with Crippen molar-refractivity contribution in [3.8, 4) is 0 Å². The third kappa shape index (κ3) is 8.86. The van der Waals surface area contributed by atoms with Crippen molar-refractivity contribution in [2.24, 2.45) is 11.8 Å². The largest absolute Gasteiger partial charge is 0.377 e. The normalized spacial score (nSPS) is 16.8. The quantitative estimate of drug-likeness (QED) is 0.276. The van der Waals surface area contributed by atoms with Crippen LogP contribution in [-0.2, 0) is 6.42 Å². The molecule has 1 nitrogen and oxygen atoms in total. The third-order valence-electron chi connectivity index (χ3n) is 5.98. The number of benzene rings is 1. The van der Waals surface area contributed by atoms with Gasteiger partial charge in [0.2, 0.25) is 0 Å². The Balaban J connectivity index is 1.85. The summed E-state index contributed by atoms with van der Waals surface area (Å²) in [5.41, 5.74) is 6.35. The predicted octanol–water partition coefficient (Wildman–Crippen LogP) is 8.00. The first kappa shape index (κ1) is 23.9. The van der Waals surface area contributed by atoms with Gasteiger partial charge >= 0.3 is 0 Å².